The van der Waals surface area contributed by atoms with Crippen LogP contribution in [-0.2, 0) is 5.41 Å². The van der Waals surface area contributed by atoms with E-state index in [-0.39, 0.29) is 5.41 Å². The molecule has 0 atom stereocenters. The molecule has 0 fully saturated rings. The van der Waals surface area contributed by atoms with Crippen molar-refractivity contribution in [3.05, 3.63) is 84.3 Å². The normalized spacial score (nSPS) is 11.4. The zero-order valence-corrected chi connectivity index (χ0v) is 22.7. The maximum atomic E-state index is 9.22. The summed E-state index contributed by atoms with van der Waals surface area (Å²) >= 11 is 1.56. The largest absolute Gasteiger partial charge is 0.493 e. The van der Waals surface area contributed by atoms with Crippen LogP contribution in [-0.4, -0.2) is 34.0 Å². The van der Waals surface area contributed by atoms with Crippen LogP contribution < -0.4 is 9.47 Å². The van der Waals surface area contributed by atoms with Gasteiger partial charge in [0.05, 0.1) is 48.4 Å². The van der Waals surface area contributed by atoms with Crippen molar-refractivity contribution in [2.45, 2.75) is 36.1 Å². The molecule has 7 nitrogen and oxygen atoms in total. The third-order valence-electron chi connectivity index (χ3n) is 6.17. The third kappa shape index (κ3) is 4.93. The number of methoxy groups -OCH3 is 2. The monoisotopic (exact) mass is 521 g/mol. The van der Waals surface area contributed by atoms with Crippen molar-refractivity contribution in [1.82, 2.24) is 19.7 Å². The summed E-state index contributed by atoms with van der Waals surface area (Å²) in [4.78, 5) is 10.0. The van der Waals surface area contributed by atoms with Gasteiger partial charge in [0, 0.05) is 27.3 Å². The smallest absolute Gasteiger partial charge is 0.162 e. The Hall–Kier alpha value is -4.35. The minimum Gasteiger partial charge on any atom is -0.493 e. The van der Waals surface area contributed by atoms with Gasteiger partial charge in [-0.3, -0.25) is 0 Å². The lowest BCUT2D eigenvalue weighted by Crippen LogP contribution is -2.12. The molecule has 0 amide bonds. The number of aromatic nitrogens is 4. The average Bonchev–Trinajstić information content (AvgIpc) is 3.39. The fraction of sp³-hybridized carbons (Fsp3) is 0.200. The maximum Gasteiger partial charge on any atom is 0.162 e. The number of hydrogen-bond donors (Lipinski definition) is 0. The lowest BCUT2D eigenvalue weighted by atomic mass is 9.92. The van der Waals surface area contributed by atoms with Crippen LogP contribution in [0.25, 0.3) is 27.8 Å². The molecule has 0 spiro atoms. The van der Waals surface area contributed by atoms with Gasteiger partial charge < -0.3 is 9.47 Å². The predicted molar refractivity (Wildman–Crippen MR) is 149 cm³/mol. The minimum absolute atomic E-state index is 0.126. The van der Waals surface area contributed by atoms with Gasteiger partial charge >= 0.3 is 0 Å². The van der Waals surface area contributed by atoms with Crippen molar-refractivity contribution in [1.29, 1.82) is 5.26 Å². The van der Waals surface area contributed by atoms with Gasteiger partial charge in [-0.1, -0.05) is 44.7 Å². The van der Waals surface area contributed by atoms with Crippen molar-refractivity contribution in [2.75, 3.05) is 14.2 Å². The zero-order chi connectivity index (χ0) is 26.9. The summed E-state index contributed by atoms with van der Waals surface area (Å²) in [6.07, 6.45) is 1.57. The first-order valence-electron chi connectivity index (χ1n) is 12.1. The van der Waals surface area contributed by atoms with E-state index in [9.17, 15) is 5.26 Å². The van der Waals surface area contributed by atoms with E-state index in [1.54, 1.807) is 32.3 Å². The van der Waals surface area contributed by atoms with Gasteiger partial charge in [0.15, 0.2) is 11.5 Å². The van der Waals surface area contributed by atoms with Gasteiger partial charge in [0.25, 0.3) is 0 Å². The van der Waals surface area contributed by atoms with E-state index in [0.29, 0.717) is 17.1 Å². The second-order valence-electron chi connectivity index (χ2n) is 9.77. The minimum atomic E-state index is -0.126. The highest BCUT2D eigenvalue weighted by Gasteiger charge is 2.22. The summed E-state index contributed by atoms with van der Waals surface area (Å²) in [5.41, 5.74) is 5.15. The summed E-state index contributed by atoms with van der Waals surface area (Å²) < 4.78 is 12.9. The topological polar surface area (TPSA) is 85.9 Å². The highest BCUT2D eigenvalue weighted by molar-refractivity contribution is 7.99. The average molecular weight is 522 g/mol. The summed E-state index contributed by atoms with van der Waals surface area (Å²) in [6.45, 7) is 6.45. The van der Waals surface area contributed by atoms with Crippen molar-refractivity contribution in [3.63, 3.8) is 0 Å². The number of hydrogen-bond acceptors (Lipinski definition) is 7. The first-order chi connectivity index (χ1) is 18.3. The van der Waals surface area contributed by atoms with E-state index in [1.807, 2.05) is 47.1 Å². The second kappa shape index (κ2) is 10.2. The van der Waals surface area contributed by atoms with E-state index >= 15 is 0 Å². The van der Waals surface area contributed by atoms with Gasteiger partial charge in [-0.2, -0.15) is 10.4 Å². The molecule has 190 valence electrons. The molecule has 0 radical (unpaired) electrons. The van der Waals surface area contributed by atoms with Gasteiger partial charge in [-0.25, -0.2) is 14.6 Å². The molecule has 0 aliphatic heterocycles. The number of nitrogens with zero attached hydrogens (tertiary/aromatic N) is 5. The molecule has 2 aromatic heterocycles. The summed E-state index contributed by atoms with van der Waals surface area (Å²) in [5, 5.41) is 15.9. The molecule has 0 saturated carbocycles. The Morgan fingerprint density at radius 2 is 1.63 bits per heavy atom. The molecule has 0 saturated heterocycles. The molecule has 2 heterocycles. The van der Waals surface area contributed by atoms with E-state index in [4.69, 9.17) is 14.6 Å². The van der Waals surface area contributed by atoms with Gasteiger partial charge in [-0.05, 0) is 48.5 Å². The Morgan fingerprint density at radius 3 is 2.32 bits per heavy atom. The van der Waals surface area contributed by atoms with Gasteiger partial charge in [0.2, 0.25) is 0 Å². The van der Waals surface area contributed by atoms with Crippen LogP contribution >= 0.6 is 11.8 Å². The van der Waals surface area contributed by atoms with E-state index in [1.165, 1.54) is 0 Å². The fourth-order valence-corrected chi connectivity index (χ4v) is 5.03. The predicted octanol–water partition coefficient (Wildman–Crippen LogP) is 6.82. The van der Waals surface area contributed by atoms with E-state index in [2.05, 4.69) is 61.1 Å². The first-order valence-corrected chi connectivity index (χ1v) is 12.9. The maximum absolute atomic E-state index is 9.22. The van der Waals surface area contributed by atoms with Crippen molar-refractivity contribution in [3.8, 4) is 34.5 Å². The van der Waals surface area contributed by atoms with Crippen LogP contribution in [0.1, 0.15) is 32.0 Å². The van der Waals surface area contributed by atoms with Crippen LogP contribution in [0.5, 0.6) is 11.5 Å². The Morgan fingerprint density at radius 1 is 0.895 bits per heavy atom. The van der Waals surface area contributed by atoms with E-state index < -0.39 is 0 Å². The summed E-state index contributed by atoms with van der Waals surface area (Å²) in [5.74, 6) is 1.26. The molecule has 0 aliphatic carbocycles. The SMILES string of the molecule is COc1cc2ncnc(Sc3cccc(-c4cc(C(C)(C)C)nn4-c4ccc(C#N)cc4)c3)c2cc1OC. The van der Waals surface area contributed by atoms with Crippen LogP contribution in [0.3, 0.4) is 0 Å². The molecule has 0 unspecified atom stereocenters. The van der Waals surface area contributed by atoms with Crippen LogP contribution in [0.15, 0.2) is 83.0 Å². The highest BCUT2D eigenvalue weighted by Crippen LogP contribution is 2.38. The summed E-state index contributed by atoms with van der Waals surface area (Å²) in [7, 11) is 3.23. The molecule has 0 N–H and O–H groups in total. The second-order valence-corrected chi connectivity index (χ2v) is 10.8. The first kappa shape index (κ1) is 25.3. The molecular formula is C30H27N5O2S. The Bertz CT molecular complexity index is 1660. The molecule has 38 heavy (non-hydrogen) atoms. The number of rotatable bonds is 6. The van der Waals surface area contributed by atoms with Crippen molar-refractivity contribution in [2.24, 2.45) is 0 Å². The Labute approximate surface area is 226 Å². The summed E-state index contributed by atoms with van der Waals surface area (Å²) in [6, 6.07) is 23.9. The highest BCUT2D eigenvalue weighted by atomic mass is 32.2. The van der Waals surface area contributed by atoms with Gasteiger partial charge in [-0.15, -0.1) is 0 Å². The number of fused-ring (bicyclic) bond motifs is 1. The third-order valence-corrected chi connectivity index (χ3v) is 7.18. The van der Waals surface area contributed by atoms with E-state index in [0.717, 1.165) is 43.5 Å². The molecule has 5 rings (SSSR count). The molecule has 0 bridgehead atoms. The van der Waals surface area contributed by atoms with Crippen LogP contribution in [0.4, 0.5) is 0 Å². The standard InChI is InChI=1S/C30H27N5O2S/c1-30(2,3)28-16-25(35(34-28)21-11-9-19(17-31)10-12-21)20-7-6-8-22(13-20)38-29-23-14-26(36-4)27(37-5)15-24(23)32-18-33-29/h6-16,18H,1-5H3. The number of nitriles is 1. The molecular weight excluding hydrogens is 494 g/mol. The lowest BCUT2D eigenvalue weighted by Gasteiger charge is -2.14. The Kier molecular flexibility index (Phi) is 6.79. The zero-order valence-electron chi connectivity index (χ0n) is 21.9. The molecule has 0 aliphatic rings. The molecule has 3 aromatic carbocycles. The quantitative estimate of drug-likeness (QED) is 0.227. The van der Waals surface area contributed by atoms with Crippen LogP contribution in [0, 0.1) is 11.3 Å². The number of ether oxygens (including phenoxy) is 2. The van der Waals surface area contributed by atoms with Crippen molar-refractivity contribution >= 4 is 22.7 Å². The van der Waals surface area contributed by atoms with Crippen molar-refractivity contribution < 1.29 is 9.47 Å². The molecule has 5 aromatic rings. The molecule has 8 heteroatoms. The van der Waals surface area contributed by atoms with Gasteiger partial charge in [0.1, 0.15) is 11.4 Å². The Balaban J connectivity index is 1.57. The van der Waals surface area contributed by atoms with Crippen LogP contribution in [0.2, 0.25) is 0 Å². The fourth-order valence-electron chi connectivity index (χ4n) is 4.10. The number of benzene rings is 3. The lowest BCUT2D eigenvalue weighted by molar-refractivity contribution is 0.355.